The van der Waals surface area contributed by atoms with Crippen molar-refractivity contribution in [3.05, 3.63) is 35.1 Å². The molecule has 45 heavy (non-hydrogen) atoms. The van der Waals surface area contributed by atoms with E-state index in [0.717, 1.165) is 30.4 Å². The van der Waals surface area contributed by atoms with Crippen molar-refractivity contribution in [3.63, 3.8) is 0 Å². The monoisotopic (exact) mass is 628 g/mol. The Bertz CT molecular complexity index is 1360. The molecule has 5 rings (SSSR count). The molecule has 0 radical (unpaired) electrons. The molecule has 4 aliphatic rings. The van der Waals surface area contributed by atoms with Crippen LogP contribution < -0.4 is 9.47 Å². The SMILES string of the molecule is COc1ccc2c3c1O[C@H]1C(OC(=O)CCC(=O)O[C@H](CC(=O)OCC(C)C)C(=O)OCC(C)C)=CC[C@@]4(O)[C@H](CCC[C@]314)C2. The van der Waals surface area contributed by atoms with E-state index in [1.54, 1.807) is 13.2 Å². The highest BCUT2D eigenvalue weighted by Crippen LogP contribution is 2.67. The van der Waals surface area contributed by atoms with Gasteiger partial charge in [0.05, 0.1) is 50.6 Å². The Morgan fingerprint density at radius 2 is 1.71 bits per heavy atom. The third-order valence-corrected chi connectivity index (χ3v) is 9.26. The Balaban J connectivity index is 1.24. The zero-order valence-electron chi connectivity index (χ0n) is 26.7. The van der Waals surface area contributed by atoms with E-state index in [0.29, 0.717) is 30.1 Å². The highest BCUT2D eigenvalue weighted by molar-refractivity contribution is 5.85. The molecule has 1 heterocycles. The number of carbonyl (C=O) groups is 4. The van der Waals surface area contributed by atoms with Crippen molar-refractivity contribution in [2.45, 2.75) is 102 Å². The van der Waals surface area contributed by atoms with Crippen molar-refractivity contribution in [1.82, 2.24) is 0 Å². The van der Waals surface area contributed by atoms with Gasteiger partial charge in [0.2, 0.25) is 6.10 Å². The third-order valence-electron chi connectivity index (χ3n) is 9.26. The van der Waals surface area contributed by atoms with Crippen LogP contribution in [-0.2, 0) is 50.0 Å². The van der Waals surface area contributed by atoms with Crippen molar-refractivity contribution in [1.29, 1.82) is 0 Å². The van der Waals surface area contributed by atoms with E-state index in [1.165, 1.54) is 0 Å². The molecule has 0 aromatic heterocycles. The number of hydrogen-bond acceptors (Lipinski definition) is 11. The maximum Gasteiger partial charge on any atom is 0.348 e. The first-order chi connectivity index (χ1) is 21.4. The molecule has 11 nitrogen and oxygen atoms in total. The molecule has 0 unspecified atom stereocenters. The van der Waals surface area contributed by atoms with Crippen LogP contribution in [0.5, 0.6) is 11.5 Å². The third kappa shape index (κ3) is 6.15. The predicted octanol–water partition coefficient (Wildman–Crippen LogP) is 4.09. The van der Waals surface area contributed by atoms with Gasteiger partial charge in [-0.15, -0.1) is 0 Å². The van der Waals surface area contributed by atoms with Gasteiger partial charge < -0.3 is 33.5 Å². The van der Waals surface area contributed by atoms with Crippen molar-refractivity contribution < 1.29 is 52.7 Å². The fourth-order valence-electron chi connectivity index (χ4n) is 7.27. The average Bonchev–Trinajstić information content (AvgIpc) is 3.34. The average molecular weight is 629 g/mol. The molecule has 3 aliphatic carbocycles. The molecule has 0 saturated heterocycles. The lowest BCUT2D eigenvalue weighted by Crippen LogP contribution is -2.67. The molecule has 1 aromatic carbocycles. The Hall–Kier alpha value is -3.60. The van der Waals surface area contributed by atoms with E-state index in [9.17, 15) is 24.3 Å². The van der Waals surface area contributed by atoms with Crippen LogP contribution in [0.1, 0.15) is 83.8 Å². The first-order valence-corrected chi connectivity index (χ1v) is 15.9. The van der Waals surface area contributed by atoms with Gasteiger partial charge in [-0.25, -0.2) is 4.79 Å². The zero-order chi connectivity index (χ0) is 32.5. The quantitative estimate of drug-likeness (QED) is 0.249. The summed E-state index contributed by atoms with van der Waals surface area (Å²) >= 11 is 0. The van der Waals surface area contributed by atoms with Gasteiger partial charge in [0, 0.05) is 5.56 Å². The summed E-state index contributed by atoms with van der Waals surface area (Å²) in [5.41, 5.74) is 0.241. The lowest BCUT2D eigenvalue weighted by Gasteiger charge is -2.59. The van der Waals surface area contributed by atoms with Crippen LogP contribution >= 0.6 is 0 Å². The highest BCUT2D eigenvalue weighted by Gasteiger charge is 2.70. The number of esters is 4. The maximum absolute atomic E-state index is 13.1. The van der Waals surface area contributed by atoms with Gasteiger partial charge >= 0.3 is 23.9 Å². The van der Waals surface area contributed by atoms with Gasteiger partial charge in [0.1, 0.15) is 5.76 Å². The summed E-state index contributed by atoms with van der Waals surface area (Å²) in [6.07, 6.45) is 1.82. The number of methoxy groups -OCH3 is 1. The minimum atomic E-state index is -1.50. The van der Waals surface area contributed by atoms with Crippen LogP contribution in [0.15, 0.2) is 24.0 Å². The van der Waals surface area contributed by atoms with E-state index in [2.05, 4.69) is 0 Å². The minimum absolute atomic E-state index is 0.0370. The van der Waals surface area contributed by atoms with Gasteiger partial charge in [0.15, 0.2) is 17.6 Å². The van der Waals surface area contributed by atoms with Gasteiger partial charge in [0.25, 0.3) is 0 Å². The number of ether oxygens (including phenoxy) is 6. The molecular weight excluding hydrogens is 584 g/mol. The van der Waals surface area contributed by atoms with Gasteiger partial charge in [-0.3, -0.25) is 14.4 Å². The summed E-state index contributed by atoms with van der Waals surface area (Å²) in [6.45, 7) is 7.70. The minimum Gasteiger partial charge on any atom is -0.493 e. The zero-order valence-corrected chi connectivity index (χ0v) is 26.7. The maximum atomic E-state index is 13.1. The van der Waals surface area contributed by atoms with Crippen LogP contribution in [-0.4, -0.2) is 67.1 Å². The number of aliphatic hydroxyl groups is 1. The topological polar surface area (TPSA) is 144 Å². The number of benzene rings is 1. The first-order valence-electron chi connectivity index (χ1n) is 15.9. The second kappa shape index (κ2) is 13.0. The summed E-state index contributed by atoms with van der Waals surface area (Å²) < 4.78 is 33.5. The summed E-state index contributed by atoms with van der Waals surface area (Å²) in [5, 5.41) is 12.2. The summed E-state index contributed by atoms with van der Waals surface area (Å²) in [7, 11) is 1.57. The van der Waals surface area contributed by atoms with E-state index in [4.69, 9.17) is 28.4 Å². The lowest BCUT2D eigenvalue weighted by atomic mass is 9.47. The molecular formula is C34H44O11. The molecule has 1 N–H and O–H groups in total. The van der Waals surface area contributed by atoms with Crippen LogP contribution in [0.2, 0.25) is 0 Å². The number of carbonyl (C=O) groups excluding carboxylic acids is 4. The molecule has 11 heteroatoms. The van der Waals surface area contributed by atoms with Crippen molar-refractivity contribution in [2.24, 2.45) is 17.8 Å². The van der Waals surface area contributed by atoms with Crippen LogP contribution in [0, 0.1) is 17.8 Å². The largest absolute Gasteiger partial charge is 0.493 e. The van der Waals surface area contributed by atoms with Crippen LogP contribution in [0.25, 0.3) is 0 Å². The molecule has 246 valence electrons. The summed E-state index contributed by atoms with van der Waals surface area (Å²) in [5.74, 6) is -1.49. The Labute approximate surface area is 263 Å². The molecule has 1 aromatic rings. The second-order valence-corrected chi connectivity index (χ2v) is 13.4. The molecule has 0 amide bonds. The summed E-state index contributed by atoms with van der Waals surface area (Å²) in [4.78, 5) is 50.7. The fraction of sp³-hybridized carbons (Fsp3) is 0.647. The highest BCUT2D eigenvalue weighted by atomic mass is 16.6. The fourth-order valence-corrected chi connectivity index (χ4v) is 7.27. The molecule has 1 spiro atoms. The summed E-state index contributed by atoms with van der Waals surface area (Å²) in [6, 6.07) is 3.91. The molecule has 2 bridgehead atoms. The molecule has 5 atom stereocenters. The normalized spacial score (nSPS) is 26.3. The van der Waals surface area contributed by atoms with Gasteiger partial charge in [-0.05, 0) is 61.1 Å². The molecule has 1 aliphatic heterocycles. The second-order valence-electron chi connectivity index (χ2n) is 13.4. The van der Waals surface area contributed by atoms with Crippen LogP contribution in [0.4, 0.5) is 0 Å². The van der Waals surface area contributed by atoms with E-state index >= 15 is 0 Å². The standard InChI is InChI=1S/C34H44O11/c1-19(2)17-41-28(37)16-25(32(38)42-18-20(3)4)44-27(36)11-10-26(35)43-24-12-14-34(39)22-7-6-13-33(34)29-21(15-22)8-9-23(40-5)30(29)45-31(24)33/h8-9,12,19-20,22,25,31,39H,6-7,10-11,13-18H2,1-5H3/t22-,25-,31+,33+,34-/m1/s1. The Morgan fingerprint density at radius 1 is 1.00 bits per heavy atom. The first kappa shape index (κ1) is 32.8. The van der Waals surface area contributed by atoms with E-state index < -0.39 is 53.5 Å². The molecule has 1 fully saturated rings. The van der Waals surface area contributed by atoms with Crippen molar-refractivity contribution >= 4 is 23.9 Å². The Kier molecular flexibility index (Phi) is 9.49. The van der Waals surface area contributed by atoms with Crippen molar-refractivity contribution in [2.75, 3.05) is 20.3 Å². The number of hydrogen-bond donors (Lipinski definition) is 1. The lowest BCUT2D eigenvalue weighted by molar-refractivity contribution is -0.173. The van der Waals surface area contributed by atoms with Crippen molar-refractivity contribution in [3.8, 4) is 11.5 Å². The smallest absolute Gasteiger partial charge is 0.348 e. The van der Waals surface area contributed by atoms with E-state index in [-0.39, 0.29) is 43.8 Å². The van der Waals surface area contributed by atoms with E-state index in [1.807, 2.05) is 39.8 Å². The predicted molar refractivity (Wildman–Crippen MR) is 159 cm³/mol. The number of rotatable bonds is 13. The Morgan fingerprint density at radius 3 is 2.42 bits per heavy atom. The van der Waals surface area contributed by atoms with Crippen LogP contribution in [0.3, 0.4) is 0 Å². The van der Waals surface area contributed by atoms with Gasteiger partial charge in [-0.1, -0.05) is 40.2 Å². The molecule has 1 saturated carbocycles. The van der Waals surface area contributed by atoms with Gasteiger partial charge in [-0.2, -0.15) is 0 Å².